The fraction of sp³-hybridized carbons (Fsp3) is 0.263. The van der Waals surface area contributed by atoms with Crippen LogP contribution in [-0.4, -0.2) is 42.8 Å². The number of ether oxygens (including phenoxy) is 2. The second kappa shape index (κ2) is 7.28. The van der Waals surface area contributed by atoms with E-state index >= 15 is 0 Å². The molecule has 29 heavy (non-hydrogen) atoms. The van der Waals surface area contributed by atoms with Gasteiger partial charge in [-0.2, -0.15) is 0 Å². The van der Waals surface area contributed by atoms with Gasteiger partial charge in [-0.3, -0.25) is 9.52 Å². The van der Waals surface area contributed by atoms with E-state index in [4.69, 9.17) is 9.47 Å². The van der Waals surface area contributed by atoms with Gasteiger partial charge in [0.15, 0.2) is 11.5 Å². The van der Waals surface area contributed by atoms with Crippen molar-refractivity contribution >= 4 is 32.7 Å². The minimum atomic E-state index is -3.37. The van der Waals surface area contributed by atoms with E-state index in [1.807, 2.05) is 23.7 Å². The molecule has 0 aliphatic carbocycles. The smallest absolute Gasteiger partial charge is 0.265 e. The highest BCUT2D eigenvalue weighted by molar-refractivity contribution is 7.92. The Morgan fingerprint density at radius 3 is 2.76 bits per heavy atom. The van der Waals surface area contributed by atoms with Crippen molar-refractivity contribution in [1.82, 2.24) is 14.9 Å². The van der Waals surface area contributed by atoms with Crippen LogP contribution in [0.2, 0.25) is 0 Å². The molecule has 1 unspecified atom stereocenters. The molecule has 0 saturated heterocycles. The van der Waals surface area contributed by atoms with Crippen molar-refractivity contribution in [2.45, 2.75) is 12.6 Å². The van der Waals surface area contributed by atoms with Gasteiger partial charge in [0.05, 0.1) is 29.5 Å². The molecule has 1 aromatic heterocycles. The lowest BCUT2D eigenvalue weighted by Gasteiger charge is -2.25. The molecule has 1 aliphatic heterocycles. The number of carbonyl (C=O) groups is 1. The van der Waals surface area contributed by atoms with Gasteiger partial charge in [0.2, 0.25) is 16.1 Å². The van der Waals surface area contributed by atoms with E-state index in [9.17, 15) is 13.2 Å². The van der Waals surface area contributed by atoms with E-state index in [0.717, 1.165) is 11.8 Å². The van der Waals surface area contributed by atoms with Crippen LogP contribution in [0.15, 0.2) is 42.5 Å². The maximum Gasteiger partial charge on any atom is 0.265 e. The van der Waals surface area contributed by atoms with Gasteiger partial charge in [0.25, 0.3) is 5.91 Å². The third-order valence-electron chi connectivity index (χ3n) is 4.50. The van der Waals surface area contributed by atoms with Gasteiger partial charge >= 0.3 is 0 Å². The molecule has 1 amide bonds. The summed E-state index contributed by atoms with van der Waals surface area (Å²) >= 11 is 0. The fourth-order valence-corrected chi connectivity index (χ4v) is 3.67. The molecule has 3 aromatic rings. The first-order valence-electron chi connectivity index (χ1n) is 8.89. The number of fused-ring (bicyclic) bond motifs is 2. The first-order valence-corrected chi connectivity index (χ1v) is 10.8. The molecular weight excluding hydrogens is 396 g/mol. The number of hydrogen-bond acceptors (Lipinski definition) is 6. The molecule has 0 bridgehead atoms. The number of sulfonamides is 1. The summed E-state index contributed by atoms with van der Waals surface area (Å²) in [5.74, 6) is 1.48. The molecule has 4 rings (SSSR count). The van der Waals surface area contributed by atoms with Gasteiger partial charge in [-0.1, -0.05) is 12.1 Å². The van der Waals surface area contributed by atoms with E-state index < -0.39 is 16.1 Å². The maximum atomic E-state index is 12.5. The van der Waals surface area contributed by atoms with Crippen LogP contribution < -0.4 is 19.5 Å². The number of benzene rings is 2. The molecule has 2 heterocycles. The van der Waals surface area contributed by atoms with Crippen LogP contribution in [0.4, 0.5) is 5.69 Å². The largest absolute Gasteiger partial charge is 0.485 e. The lowest BCUT2D eigenvalue weighted by molar-refractivity contribution is -0.130. The van der Waals surface area contributed by atoms with Crippen LogP contribution in [0.5, 0.6) is 11.5 Å². The monoisotopic (exact) mass is 416 g/mol. The zero-order valence-electron chi connectivity index (χ0n) is 15.9. The number of aromatic nitrogens is 2. The van der Waals surface area contributed by atoms with Crippen LogP contribution >= 0.6 is 0 Å². The van der Waals surface area contributed by atoms with Crippen LogP contribution in [0.25, 0.3) is 11.0 Å². The Hall–Kier alpha value is -3.27. The van der Waals surface area contributed by atoms with Crippen molar-refractivity contribution in [3.63, 3.8) is 0 Å². The molecule has 1 aliphatic rings. The molecule has 1 atom stereocenters. The molecule has 0 spiro atoms. The Morgan fingerprint density at radius 2 is 2.00 bits per heavy atom. The fourth-order valence-electron chi connectivity index (χ4n) is 3.11. The Bertz CT molecular complexity index is 1190. The second-order valence-corrected chi connectivity index (χ2v) is 8.50. The zero-order chi connectivity index (χ0) is 20.6. The highest BCUT2D eigenvalue weighted by Crippen LogP contribution is 2.30. The first-order chi connectivity index (χ1) is 13.8. The van der Waals surface area contributed by atoms with Crippen molar-refractivity contribution in [3.8, 4) is 11.5 Å². The SMILES string of the molecule is Cn1c(CNC(=O)C2COc3ccccc3O2)nc2cc(NS(C)(=O)=O)ccc21. The Morgan fingerprint density at radius 1 is 1.24 bits per heavy atom. The molecule has 0 radical (unpaired) electrons. The summed E-state index contributed by atoms with van der Waals surface area (Å²) in [7, 11) is -1.54. The number of para-hydroxylation sites is 2. The molecule has 2 N–H and O–H groups in total. The van der Waals surface area contributed by atoms with E-state index in [1.54, 1.807) is 30.3 Å². The molecule has 2 aromatic carbocycles. The number of nitrogens with zero attached hydrogens (tertiary/aromatic N) is 2. The maximum absolute atomic E-state index is 12.5. The van der Waals surface area contributed by atoms with Crippen molar-refractivity contribution in [1.29, 1.82) is 0 Å². The number of anilines is 1. The summed E-state index contributed by atoms with van der Waals surface area (Å²) in [6.07, 6.45) is 0.344. The highest BCUT2D eigenvalue weighted by atomic mass is 32.2. The summed E-state index contributed by atoms with van der Waals surface area (Å²) in [5.41, 5.74) is 1.87. The third-order valence-corrected chi connectivity index (χ3v) is 5.10. The minimum absolute atomic E-state index is 0.131. The van der Waals surface area contributed by atoms with Crippen molar-refractivity contribution in [2.24, 2.45) is 7.05 Å². The average molecular weight is 416 g/mol. The van der Waals surface area contributed by atoms with Gasteiger partial charge in [0.1, 0.15) is 12.4 Å². The van der Waals surface area contributed by atoms with Crippen molar-refractivity contribution in [2.75, 3.05) is 17.6 Å². The Labute approximate surface area is 167 Å². The molecule has 152 valence electrons. The lowest BCUT2D eigenvalue weighted by Crippen LogP contribution is -2.43. The zero-order valence-corrected chi connectivity index (χ0v) is 16.7. The second-order valence-electron chi connectivity index (χ2n) is 6.75. The van der Waals surface area contributed by atoms with Crippen molar-refractivity contribution in [3.05, 3.63) is 48.3 Å². The van der Waals surface area contributed by atoms with Crippen LogP contribution in [-0.2, 0) is 28.4 Å². The van der Waals surface area contributed by atoms with Gasteiger partial charge < -0.3 is 19.4 Å². The number of hydrogen-bond donors (Lipinski definition) is 2. The van der Waals surface area contributed by atoms with E-state index in [1.165, 1.54) is 0 Å². The summed E-state index contributed by atoms with van der Waals surface area (Å²) in [5, 5.41) is 2.82. The van der Waals surface area contributed by atoms with Crippen LogP contribution in [0.3, 0.4) is 0 Å². The molecule has 9 nitrogen and oxygen atoms in total. The van der Waals surface area contributed by atoms with Gasteiger partial charge in [-0.15, -0.1) is 0 Å². The molecule has 0 fully saturated rings. The van der Waals surface area contributed by atoms with E-state index in [2.05, 4.69) is 15.0 Å². The third kappa shape index (κ3) is 4.11. The number of imidazole rings is 1. The summed E-state index contributed by atoms with van der Waals surface area (Å²) in [6.45, 7) is 0.326. The predicted molar refractivity (Wildman–Crippen MR) is 107 cm³/mol. The molecular formula is C19H20N4O5S. The topological polar surface area (TPSA) is 112 Å². The Kier molecular flexibility index (Phi) is 4.79. The number of rotatable bonds is 5. The minimum Gasteiger partial charge on any atom is -0.485 e. The van der Waals surface area contributed by atoms with E-state index in [-0.39, 0.29) is 19.1 Å². The predicted octanol–water partition coefficient (Wildman–Crippen LogP) is 1.40. The normalized spacial score (nSPS) is 15.9. The quantitative estimate of drug-likeness (QED) is 0.650. The van der Waals surface area contributed by atoms with E-state index in [0.29, 0.717) is 28.5 Å². The number of aryl methyl sites for hydroxylation is 1. The highest BCUT2D eigenvalue weighted by Gasteiger charge is 2.27. The summed E-state index contributed by atoms with van der Waals surface area (Å²) in [4.78, 5) is 17.0. The van der Waals surface area contributed by atoms with Crippen LogP contribution in [0.1, 0.15) is 5.82 Å². The number of amides is 1. The van der Waals surface area contributed by atoms with Crippen molar-refractivity contribution < 1.29 is 22.7 Å². The van der Waals surface area contributed by atoms with Gasteiger partial charge in [-0.25, -0.2) is 13.4 Å². The molecule has 0 saturated carbocycles. The lowest BCUT2D eigenvalue weighted by atomic mass is 10.2. The summed E-state index contributed by atoms with van der Waals surface area (Å²) < 4.78 is 38.4. The summed E-state index contributed by atoms with van der Waals surface area (Å²) in [6, 6.07) is 12.3. The first kappa shape index (κ1) is 19.1. The molecule has 10 heteroatoms. The van der Waals surface area contributed by atoms with Gasteiger partial charge in [-0.05, 0) is 30.3 Å². The standard InChI is InChI=1S/C19H20N4O5S/c1-23-14-8-7-12(22-29(2,25)26)9-13(14)21-18(23)10-20-19(24)17-11-27-15-5-3-4-6-16(15)28-17/h3-9,17,22H,10-11H2,1-2H3,(H,20,24). The van der Waals surface area contributed by atoms with Crippen LogP contribution in [0, 0.1) is 0 Å². The van der Waals surface area contributed by atoms with Gasteiger partial charge in [0, 0.05) is 7.05 Å². The Balaban J connectivity index is 1.45. The number of carbonyl (C=O) groups excluding carboxylic acids is 1. The number of nitrogens with one attached hydrogen (secondary N) is 2. The average Bonchev–Trinajstić information content (AvgIpc) is 2.99.